The Morgan fingerprint density at radius 2 is 2.18 bits per heavy atom. The molecule has 10 heteroatoms. The van der Waals surface area contributed by atoms with E-state index in [-0.39, 0.29) is 30.6 Å². The Morgan fingerprint density at radius 3 is 2.93 bits per heavy atom. The van der Waals surface area contributed by atoms with E-state index in [1.54, 1.807) is 4.90 Å². The SMILES string of the molecule is O=C(Cc1noc2ccc(F)cc12)N1CCCC(c2ncc(C(F)(F)F)[nH]2)C1. The highest BCUT2D eigenvalue weighted by atomic mass is 19.4. The Kier molecular flexibility index (Phi) is 4.56. The fourth-order valence-electron chi connectivity index (χ4n) is 3.46. The summed E-state index contributed by atoms with van der Waals surface area (Å²) in [6.07, 6.45) is -2.51. The molecular weight excluding hydrogens is 380 g/mol. The lowest BCUT2D eigenvalue weighted by molar-refractivity contribution is -0.141. The van der Waals surface area contributed by atoms with Crippen molar-refractivity contribution >= 4 is 16.9 Å². The Bertz CT molecular complexity index is 1010. The zero-order valence-corrected chi connectivity index (χ0v) is 14.6. The fraction of sp³-hybridized carbons (Fsp3) is 0.389. The van der Waals surface area contributed by atoms with Crippen LogP contribution in [0.1, 0.15) is 36.0 Å². The summed E-state index contributed by atoms with van der Waals surface area (Å²) in [4.78, 5) is 20.4. The second-order valence-corrected chi connectivity index (χ2v) is 6.81. The van der Waals surface area contributed by atoms with Crippen LogP contribution in [0.4, 0.5) is 17.6 Å². The monoisotopic (exact) mass is 396 g/mol. The lowest BCUT2D eigenvalue weighted by Gasteiger charge is -2.31. The van der Waals surface area contributed by atoms with Crippen molar-refractivity contribution in [3.63, 3.8) is 0 Å². The third-order valence-corrected chi connectivity index (χ3v) is 4.89. The van der Waals surface area contributed by atoms with Crippen molar-refractivity contribution in [1.82, 2.24) is 20.0 Å². The topological polar surface area (TPSA) is 75.0 Å². The number of rotatable bonds is 3. The van der Waals surface area contributed by atoms with Gasteiger partial charge in [0, 0.05) is 24.4 Å². The van der Waals surface area contributed by atoms with E-state index in [1.807, 2.05) is 0 Å². The quantitative estimate of drug-likeness (QED) is 0.686. The van der Waals surface area contributed by atoms with Gasteiger partial charge in [-0.05, 0) is 31.0 Å². The molecule has 0 saturated carbocycles. The molecule has 0 aliphatic carbocycles. The van der Waals surface area contributed by atoms with Crippen molar-refractivity contribution in [3.05, 3.63) is 47.4 Å². The zero-order valence-electron chi connectivity index (χ0n) is 14.6. The molecule has 3 aromatic rings. The third-order valence-electron chi connectivity index (χ3n) is 4.89. The lowest BCUT2D eigenvalue weighted by Crippen LogP contribution is -2.40. The van der Waals surface area contributed by atoms with Crippen LogP contribution in [0.2, 0.25) is 0 Å². The van der Waals surface area contributed by atoms with Gasteiger partial charge in [-0.25, -0.2) is 9.37 Å². The Morgan fingerprint density at radius 1 is 1.36 bits per heavy atom. The summed E-state index contributed by atoms with van der Waals surface area (Å²) in [5, 5.41) is 4.28. The number of amides is 1. The van der Waals surface area contributed by atoms with Crippen molar-refractivity contribution in [1.29, 1.82) is 0 Å². The minimum absolute atomic E-state index is 0.0743. The van der Waals surface area contributed by atoms with Crippen molar-refractivity contribution < 1.29 is 26.9 Å². The molecular formula is C18H16F4N4O2. The molecule has 28 heavy (non-hydrogen) atoms. The normalized spacial score (nSPS) is 18.0. The van der Waals surface area contributed by atoms with E-state index in [1.165, 1.54) is 18.2 Å². The second kappa shape index (κ2) is 6.92. The smallest absolute Gasteiger partial charge is 0.356 e. The number of alkyl halides is 3. The molecule has 1 atom stereocenters. The number of nitrogens with one attached hydrogen (secondary N) is 1. The van der Waals surface area contributed by atoms with Crippen molar-refractivity contribution in [2.75, 3.05) is 13.1 Å². The summed E-state index contributed by atoms with van der Waals surface area (Å²) in [6, 6.07) is 3.94. The number of nitrogens with zero attached hydrogens (tertiary/aromatic N) is 3. The first-order valence-electron chi connectivity index (χ1n) is 8.75. The van der Waals surface area contributed by atoms with E-state index in [4.69, 9.17) is 4.52 Å². The number of piperidine rings is 1. The van der Waals surface area contributed by atoms with Gasteiger partial charge in [0.2, 0.25) is 5.91 Å². The minimum Gasteiger partial charge on any atom is -0.356 e. The number of aromatic amines is 1. The molecule has 1 fully saturated rings. The maximum Gasteiger partial charge on any atom is 0.432 e. The van der Waals surface area contributed by atoms with E-state index in [9.17, 15) is 22.4 Å². The van der Waals surface area contributed by atoms with E-state index in [0.717, 1.165) is 6.20 Å². The predicted molar refractivity (Wildman–Crippen MR) is 89.8 cm³/mol. The van der Waals surface area contributed by atoms with Crippen molar-refractivity contribution in [2.24, 2.45) is 0 Å². The van der Waals surface area contributed by atoms with Crippen molar-refractivity contribution in [2.45, 2.75) is 31.4 Å². The van der Waals surface area contributed by atoms with Crippen LogP contribution in [0.25, 0.3) is 11.0 Å². The summed E-state index contributed by atoms with van der Waals surface area (Å²) < 4.78 is 56.9. The van der Waals surface area contributed by atoms with Crippen LogP contribution in [0, 0.1) is 5.82 Å². The van der Waals surface area contributed by atoms with Crippen LogP contribution in [-0.2, 0) is 17.4 Å². The number of fused-ring (bicyclic) bond motifs is 1. The maximum absolute atomic E-state index is 13.5. The van der Waals surface area contributed by atoms with Crippen LogP contribution >= 0.6 is 0 Å². The Labute approximate surface area is 156 Å². The van der Waals surface area contributed by atoms with Gasteiger partial charge in [-0.1, -0.05) is 5.16 Å². The summed E-state index contributed by atoms with van der Waals surface area (Å²) in [5.74, 6) is -0.786. The Balaban J connectivity index is 1.47. The van der Waals surface area contributed by atoms with E-state index in [2.05, 4.69) is 15.1 Å². The van der Waals surface area contributed by atoms with Gasteiger partial charge in [0.15, 0.2) is 5.58 Å². The van der Waals surface area contributed by atoms with Gasteiger partial charge in [-0.3, -0.25) is 4.79 Å². The number of H-pyrrole nitrogens is 1. The molecule has 148 valence electrons. The van der Waals surface area contributed by atoms with E-state index < -0.39 is 17.7 Å². The molecule has 0 radical (unpaired) electrons. The van der Waals surface area contributed by atoms with E-state index >= 15 is 0 Å². The number of halogens is 4. The molecule has 0 bridgehead atoms. The molecule has 0 spiro atoms. The van der Waals surface area contributed by atoms with Crippen molar-refractivity contribution in [3.8, 4) is 0 Å². The third kappa shape index (κ3) is 3.58. The molecule has 1 N–H and O–H groups in total. The lowest BCUT2D eigenvalue weighted by atomic mass is 9.97. The standard InChI is InChI=1S/C18H16F4N4O2/c19-11-3-4-14-12(6-11)13(25-28-14)7-16(27)26-5-1-2-10(9-26)17-23-8-15(24-17)18(20,21)22/h3-4,6,8,10H,1-2,5,7,9H2,(H,23,24). The van der Waals surface area contributed by atoms with Crippen LogP contribution in [0.15, 0.2) is 28.9 Å². The molecule has 1 saturated heterocycles. The molecule has 3 heterocycles. The molecule has 4 rings (SSSR count). The number of carbonyl (C=O) groups excluding carboxylic acids is 1. The molecule has 6 nitrogen and oxygen atoms in total. The number of hydrogen-bond donors (Lipinski definition) is 1. The van der Waals surface area contributed by atoms with Gasteiger partial charge in [-0.15, -0.1) is 0 Å². The van der Waals surface area contributed by atoms with Crippen LogP contribution in [0.3, 0.4) is 0 Å². The largest absolute Gasteiger partial charge is 0.432 e. The minimum atomic E-state index is -4.49. The average molecular weight is 396 g/mol. The summed E-state index contributed by atoms with van der Waals surface area (Å²) in [6.45, 7) is 0.750. The Hall–Kier alpha value is -2.91. The first kappa shape index (κ1) is 18.5. The van der Waals surface area contributed by atoms with Crippen LogP contribution in [-0.4, -0.2) is 39.0 Å². The number of likely N-dealkylation sites (tertiary alicyclic amines) is 1. The van der Waals surface area contributed by atoms with Gasteiger partial charge >= 0.3 is 6.18 Å². The first-order valence-corrected chi connectivity index (χ1v) is 8.75. The number of carbonyl (C=O) groups is 1. The summed E-state index contributed by atoms with van der Waals surface area (Å²) >= 11 is 0. The highest BCUT2D eigenvalue weighted by Gasteiger charge is 2.35. The first-order chi connectivity index (χ1) is 13.3. The molecule has 1 aliphatic heterocycles. The van der Waals surface area contributed by atoms with E-state index in [0.29, 0.717) is 36.0 Å². The molecule has 1 unspecified atom stereocenters. The molecule has 2 aromatic heterocycles. The van der Waals surface area contributed by atoms with Gasteiger partial charge < -0.3 is 14.4 Å². The predicted octanol–water partition coefficient (Wildman–Crippen LogP) is 3.66. The van der Waals surface area contributed by atoms with Gasteiger partial charge in [-0.2, -0.15) is 13.2 Å². The van der Waals surface area contributed by atoms with Gasteiger partial charge in [0.05, 0.1) is 12.6 Å². The number of hydrogen-bond acceptors (Lipinski definition) is 4. The molecule has 1 amide bonds. The fourth-order valence-corrected chi connectivity index (χ4v) is 3.46. The maximum atomic E-state index is 13.5. The number of aromatic nitrogens is 3. The molecule has 1 aromatic carbocycles. The number of benzene rings is 1. The summed E-state index contributed by atoms with van der Waals surface area (Å²) in [7, 11) is 0. The second-order valence-electron chi connectivity index (χ2n) is 6.81. The highest BCUT2D eigenvalue weighted by molar-refractivity contribution is 5.86. The summed E-state index contributed by atoms with van der Waals surface area (Å²) in [5.41, 5.74) is -0.183. The highest BCUT2D eigenvalue weighted by Crippen LogP contribution is 2.31. The van der Waals surface area contributed by atoms with Crippen LogP contribution < -0.4 is 0 Å². The van der Waals surface area contributed by atoms with Crippen LogP contribution in [0.5, 0.6) is 0 Å². The van der Waals surface area contributed by atoms with Gasteiger partial charge in [0.1, 0.15) is 23.0 Å². The zero-order chi connectivity index (χ0) is 19.9. The van der Waals surface area contributed by atoms with Gasteiger partial charge in [0.25, 0.3) is 0 Å². The average Bonchev–Trinajstić information content (AvgIpc) is 3.29. The number of imidazole rings is 1. The molecule has 1 aliphatic rings.